The van der Waals surface area contributed by atoms with E-state index in [9.17, 15) is 0 Å². The van der Waals surface area contributed by atoms with Crippen molar-refractivity contribution >= 4 is 16.5 Å². The van der Waals surface area contributed by atoms with Gasteiger partial charge in [-0.05, 0) is 48.2 Å². The molecule has 0 aliphatic carbocycles. The molecule has 1 fully saturated rings. The lowest BCUT2D eigenvalue weighted by Gasteiger charge is -2.23. The van der Waals surface area contributed by atoms with E-state index in [1.807, 2.05) is 24.3 Å². The second-order valence-electron chi connectivity index (χ2n) is 7.80. The fourth-order valence-corrected chi connectivity index (χ4v) is 4.54. The maximum atomic E-state index is 6.07. The largest absolute Gasteiger partial charge is 0.497 e. The van der Waals surface area contributed by atoms with Gasteiger partial charge in [-0.1, -0.05) is 24.3 Å². The molecule has 170 valence electrons. The van der Waals surface area contributed by atoms with Gasteiger partial charge in [0, 0.05) is 31.7 Å². The molecule has 2 heterocycles. The van der Waals surface area contributed by atoms with Gasteiger partial charge in [0.05, 0.1) is 32.6 Å². The molecular weight excluding hydrogens is 424 g/mol. The van der Waals surface area contributed by atoms with E-state index in [0.717, 1.165) is 61.5 Å². The lowest BCUT2D eigenvalue weighted by molar-refractivity contribution is -0.0398. The first-order chi connectivity index (χ1) is 15.7. The quantitative estimate of drug-likeness (QED) is 0.427. The third-order valence-corrected chi connectivity index (χ3v) is 6.41. The SMILES string of the molecule is COc1cccc(CN(Cc2cccc(OC)c2)c2nc(COC3CCOCC3)cs2)c1. The predicted molar refractivity (Wildman–Crippen MR) is 127 cm³/mol. The Balaban J connectivity index is 1.50. The molecule has 0 spiro atoms. The molecule has 0 atom stereocenters. The number of ether oxygens (including phenoxy) is 4. The number of anilines is 1. The third-order valence-electron chi connectivity index (χ3n) is 5.46. The minimum Gasteiger partial charge on any atom is -0.497 e. The number of thiazole rings is 1. The minimum absolute atomic E-state index is 0.263. The average molecular weight is 455 g/mol. The van der Waals surface area contributed by atoms with Crippen LogP contribution in [0.25, 0.3) is 0 Å². The summed E-state index contributed by atoms with van der Waals surface area (Å²) in [6.45, 7) is 3.54. The van der Waals surface area contributed by atoms with Crippen LogP contribution in [-0.2, 0) is 29.2 Å². The van der Waals surface area contributed by atoms with Gasteiger partial charge in [0.25, 0.3) is 0 Å². The summed E-state index contributed by atoms with van der Waals surface area (Å²) in [5, 5.41) is 3.07. The summed E-state index contributed by atoms with van der Waals surface area (Å²) in [5.41, 5.74) is 3.31. The Hall–Kier alpha value is -2.61. The molecule has 7 heteroatoms. The highest BCUT2D eigenvalue weighted by Crippen LogP contribution is 2.27. The van der Waals surface area contributed by atoms with Gasteiger partial charge in [-0.15, -0.1) is 11.3 Å². The number of nitrogens with zero attached hydrogens (tertiary/aromatic N) is 2. The van der Waals surface area contributed by atoms with E-state index >= 15 is 0 Å². The molecule has 1 aliphatic heterocycles. The molecule has 4 rings (SSSR count). The van der Waals surface area contributed by atoms with Gasteiger partial charge in [-0.3, -0.25) is 0 Å². The van der Waals surface area contributed by atoms with Gasteiger partial charge in [-0.2, -0.15) is 0 Å². The van der Waals surface area contributed by atoms with Crippen molar-refractivity contribution in [2.75, 3.05) is 32.3 Å². The van der Waals surface area contributed by atoms with Crippen LogP contribution in [0.15, 0.2) is 53.9 Å². The molecule has 32 heavy (non-hydrogen) atoms. The molecule has 1 aromatic heterocycles. The van der Waals surface area contributed by atoms with Gasteiger partial charge < -0.3 is 23.8 Å². The van der Waals surface area contributed by atoms with Gasteiger partial charge >= 0.3 is 0 Å². The van der Waals surface area contributed by atoms with Crippen molar-refractivity contribution in [3.05, 3.63) is 70.7 Å². The van der Waals surface area contributed by atoms with Crippen LogP contribution >= 0.6 is 11.3 Å². The molecule has 0 amide bonds. The lowest BCUT2D eigenvalue weighted by Crippen LogP contribution is -2.23. The Morgan fingerprint density at radius 2 is 1.59 bits per heavy atom. The third kappa shape index (κ3) is 6.22. The van der Waals surface area contributed by atoms with Crippen LogP contribution in [0.2, 0.25) is 0 Å². The normalized spacial score (nSPS) is 14.3. The van der Waals surface area contributed by atoms with Crippen LogP contribution in [0.4, 0.5) is 5.13 Å². The first-order valence-corrected chi connectivity index (χ1v) is 11.8. The highest BCUT2D eigenvalue weighted by Gasteiger charge is 2.17. The van der Waals surface area contributed by atoms with Crippen molar-refractivity contribution < 1.29 is 18.9 Å². The van der Waals surface area contributed by atoms with Crippen molar-refractivity contribution in [3.63, 3.8) is 0 Å². The van der Waals surface area contributed by atoms with Gasteiger partial charge in [0.2, 0.25) is 0 Å². The number of hydrogen-bond acceptors (Lipinski definition) is 7. The lowest BCUT2D eigenvalue weighted by atomic mass is 10.1. The molecule has 0 bridgehead atoms. The molecule has 3 aromatic rings. The van der Waals surface area contributed by atoms with Crippen molar-refractivity contribution in [2.24, 2.45) is 0 Å². The standard InChI is InChI=1S/C25H30N2O4S/c1-28-23-7-3-5-19(13-23)15-27(16-20-6-4-8-24(14-20)29-2)25-26-21(18-32-25)17-31-22-9-11-30-12-10-22/h3-8,13-14,18,22H,9-12,15-17H2,1-2H3. The fourth-order valence-electron chi connectivity index (χ4n) is 3.73. The zero-order valence-corrected chi connectivity index (χ0v) is 19.5. The van der Waals surface area contributed by atoms with Crippen LogP contribution in [0.5, 0.6) is 11.5 Å². The Bertz CT molecular complexity index is 938. The average Bonchev–Trinajstić information content (AvgIpc) is 3.32. The number of hydrogen-bond donors (Lipinski definition) is 0. The predicted octanol–water partition coefficient (Wildman–Crippen LogP) is 5.06. The smallest absolute Gasteiger partial charge is 0.186 e. The van der Waals surface area contributed by atoms with E-state index in [1.54, 1.807) is 25.6 Å². The van der Waals surface area contributed by atoms with Gasteiger partial charge in [-0.25, -0.2) is 4.98 Å². The van der Waals surface area contributed by atoms with Crippen molar-refractivity contribution in [1.29, 1.82) is 0 Å². The Kier molecular flexibility index (Phi) is 7.98. The topological polar surface area (TPSA) is 53.1 Å². The van der Waals surface area contributed by atoms with E-state index in [-0.39, 0.29) is 6.10 Å². The van der Waals surface area contributed by atoms with Crippen LogP contribution in [0.3, 0.4) is 0 Å². The van der Waals surface area contributed by atoms with E-state index in [0.29, 0.717) is 6.61 Å². The van der Waals surface area contributed by atoms with E-state index < -0.39 is 0 Å². The molecule has 6 nitrogen and oxygen atoms in total. The summed E-state index contributed by atoms with van der Waals surface area (Å²) >= 11 is 1.65. The first kappa shape index (κ1) is 22.6. The molecule has 1 aliphatic rings. The van der Waals surface area contributed by atoms with Crippen LogP contribution in [0.1, 0.15) is 29.7 Å². The highest BCUT2D eigenvalue weighted by atomic mass is 32.1. The summed E-state index contributed by atoms with van der Waals surface area (Å²) in [6.07, 6.45) is 2.17. The number of rotatable bonds is 10. The molecule has 2 aromatic carbocycles. The monoisotopic (exact) mass is 454 g/mol. The second kappa shape index (κ2) is 11.3. The molecule has 0 saturated carbocycles. The first-order valence-electron chi connectivity index (χ1n) is 10.9. The summed E-state index contributed by atoms with van der Waals surface area (Å²) in [5.74, 6) is 1.71. The Morgan fingerprint density at radius 3 is 2.19 bits per heavy atom. The summed E-state index contributed by atoms with van der Waals surface area (Å²) in [6, 6.07) is 16.3. The van der Waals surface area contributed by atoms with Crippen molar-refractivity contribution in [1.82, 2.24) is 4.98 Å². The maximum Gasteiger partial charge on any atom is 0.186 e. The Morgan fingerprint density at radius 1 is 0.969 bits per heavy atom. The van der Waals surface area contributed by atoms with Crippen molar-refractivity contribution in [3.8, 4) is 11.5 Å². The van der Waals surface area contributed by atoms with Crippen LogP contribution in [-0.4, -0.2) is 38.5 Å². The van der Waals surface area contributed by atoms with Crippen LogP contribution < -0.4 is 14.4 Å². The van der Waals surface area contributed by atoms with Gasteiger partial charge in [0.15, 0.2) is 5.13 Å². The Labute approximate surface area is 193 Å². The molecule has 0 radical (unpaired) electrons. The number of methoxy groups -OCH3 is 2. The zero-order chi connectivity index (χ0) is 22.2. The summed E-state index contributed by atoms with van der Waals surface area (Å²) < 4.78 is 22.3. The number of benzene rings is 2. The minimum atomic E-state index is 0.263. The molecular formula is C25H30N2O4S. The fraction of sp³-hybridized carbons (Fsp3) is 0.400. The number of aromatic nitrogens is 1. The summed E-state index contributed by atoms with van der Waals surface area (Å²) in [7, 11) is 3.39. The maximum absolute atomic E-state index is 6.07. The van der Waals surface area contributed by atoms with E-state index in [4.69, 9.17) is 23.9 Å². The zero-order valence-electron chi connectivity index (χ0n) is 18.7. The van der Waals surface area contributed by atoms with Crippen LogP contribution in [0, 0.1) is 0 Å². The molecule has 1 saturated heterocycles. The van der Waals surface area contributed by atoms with Gasteiger partial charge in [0.1, 0.15) is 11.5 Å². The second-order valence-corrected chi connectivity index (χ2v) is 8.64. The summed E-state index contributed by atoms with van der Waals surface area (Å²) in [4.78, 5) is 7.18. The van der Waals surface area contributed by atoms with E-state index in [2.05, 4.69) is 34.5 Å². The highest BCUT2D eigenvalue weighted by molar-refractivity contribution is 7.13. The van der Waals surface area contributed by atoms with Crippen molar-refractivity contribution in [2.45, 2.75) is 38.6 Å². The molecule has 0 unspecified atom stereocenters. The molecule has 0 N–H and O–H groups in total. The van der Waals surface area contributed by atoms with E-state index in [1.165, 1.54) is 11.1 Å².